The molecule has 0 aliphatic carbocycles. The zero-order valence-electron chi connectivity index (χ0n) is 7.97. The summed E-state index contributed by atoms with van der Waals surface area (Å²) in [5, 5.41) is 10.1. The second-order valence-electron chi connectivity index (χ2n) is 3.18. The minimum Gasteiger partial charge on any atom is -0.382 e. The molecule has 0 fully saturated rings. The van der Waals surface area contributed by atoms with Crippen molar-refractivity contribution in [1.82, 2.24) is 4.98 Å². The molecule has 0 spiro atoms. The summed E-state index contributed by atoms with van der Waals surface area (Å²) >= 11 is 3.41. The molecule has 2 nitrogen and oxygen atoms in total. The molecule has 3 heteroatoms. The Balaban J connectivity index is 2.37. The molecule has 0 aliphatic heterocycles. The number of hydrogen-bond donors (Lipinski definition) is 1. The van der Waals surface area contributed by atoms with Gasteiger partial charge >= 0.3 is 0 Å². The van der Waals surface area contributed by atoms with Gasteiger partial charge in [-0.15, -0.1) is 0 Å². The van der Waals surface area contributed by atoms with Crippen LogP contribution in [0.3, 0.4) is 0 Å². The van der Waals surface area contributed by atoms with E-state index >= 15 is 0 Å². The van der Waals surface area contributed by atoms with E-state index in [0.717, 1.165) is 10.0 Å². The van der Waals surface area contributed by atoms with Gasteiger partial charge in [0, 0.05) is 16.2 Å². The van der Waals surface area contributed by atoms with Crippen molar-refractivity contribution in [1.29, 1.82) is 0 Å². The fourth-order valence-corrected chi connectivity index (χ4v) is 1.90. The lowest BCUT2D eigenvalue weighted by molar-refractivity contribution is 0.214. The summed E-state index contributed by atoms with van der Waals surface area (Å²) in [7, 11) is 0. The fraction of sp³-hybridized carbons (Fsp3) is 0.0833. The van der Waals surface area contributed by atoms with Crippen LogP contribution in [0.4, 0.5) is 0 Å². The number of rotatable bonds is 2. The van der Waals surface area contributed by atoms with Crippen LogP contribution in [-0.4, -0.2) is 10.1 Å². The molecule has 1 heterocycles. The van der Waals surface area contributed by atoms with Gasteiger partial charge in [-0.05, 0) is 18.2 Å². The summed E-state index contributed by atoms with van der Waals surface area (Å²) in [6.45, 7) is 0. The average molecular weight is 264 g/mol. The third-order valence-electron chi connectivity index (χ3n) is 2.17. The molecular weight excluding hydrogens is 254 g/mol. The smallest absolute Gasteiger partial charge is 0.122 e. The van der Waals surface area contributed by atoms with E-state index in [-0.39, 0.29) is 0 Å². The highest BCUT2D eigenvalue weighted by molar-refractivity contribution is 9.10. The first kappa shape index (κ1) is 10.3. The van der Waals surface area contributed by atoms with Crippen LogP contribution in [0, 0.1) is 0 Å². The first-order valence-corrected chi connectivity index (χ1v) is 5.42. The van der Waals surface area contributed by atoms with Crippen LogP contribution in [0.25, 0.3) is 0 Å². The Morgan fingerprint density at radius 2 is 1.80 bits per heavy atom. The first-order chi connectivity index (χ1) is 7.29. The maximum atomic E-state index is 10.1. The van der Waals surface area contributed by atoms with E-state index in [1.54, 1.807) is 6.20 Å². The molecule has 1 N–H and O–H groups in total. The third-order valence-corrected chi connectivity index (χ3v) is 2.89. The molecule has 76 valence electrons. The fourth-order valence-electron chi connectivity index (χ4n) is 1.39. The minimum atomic E-state index is -0.679. The van der Waals surface area contributed by atoms with Crippen LogP contribution in [0.15, 0.2) is 53.1 Å². The van der Waals surface area contributed by atoms with Gasteiger partial charge in [0.05, 0.1) is 5.69 Å². The molecule has 0 unspecified atom stereocenters. The molecule has 1 aromatic carbocycles. The Morgan fingerprint density at radius 3 is 2.47 bits per heavy atom. The number of aliphatic hydroxyl groups is 1. The van der Waals surface area contributed by atoms with Crippen LogP contribution in [0.2, 0.25) is 0 Å². The zero-order valence-corrected chi connectivity index (χ0v) is 9.55. The maximum Gasteiger partial charge on any atom is 0.122 e. The quantitative estimate of drug-likeness (QED) is 0.904. The molecule has 2 rings (SSSR count). The van der Waals surface area contributed by atoms with Crippen LogP contribution < -0.4 is 0 Å². The Labute approximate surface area is 96.7 Å². The number of aliphatic hydroxyl groups excluding tert-OH is 1. The van der Waals surface area contributed by atoms with Gasteiger partial charge in [0.25, 0.3) is 0 Å². The van der Waals surface area contributed by atoms with Gasteiger partial charge in [-0.2, -0.15) is 0 Å². The summed E-state index contributed by atoms with van der Waals surface area (Å²) in [5.74, 6) is 0. The summed E-state index contributed by atoms with van der Waals surface area (Å²) in [4.78, 5) is 4.13. The van der Waals surface area contributed by atoms with E-state index in [0.29, 0.717) is 5.69 Å². The van der Waals surface area contributed by atoms with Gasteiger partial charge in [-0.1, -0.05) is 40.2 Å². The largest absolute Gasteiger partial charge is 0.382 e. The number of halogens is 1. The molecule has 0 radical (unpaired) electrons. The number of benzene rings is 1. The van der Waals surface area contributed by atoms with E-state index in [2.05, 4.69) is 20.9 Å². The van der Waals surface area contributed by atoms with Crippen molar-refractivity contribution in [3.63, 3.8) is 0 Å². The van der Waals surface area contributed by atoms with Crippen LogP contribution in [0.1, 0.15) is 17.4 Å². The number of nitrogens with zero attached hydrogens (tertiary/aromatic N) is 1. The van der Waals surface area contributed by atoms with E-state index in [1.807, 2.05) is 42.5 Å². The Morgan fingerprint density at radius 1 is 1.07 bits per heavy atom. The van der Waals surface area contributed by atoms with Crippen LogP contribution in [0.5, 0.6) is 0 Å². The second kappa shape index (κ2) is 4.55. The van der Waals surface area contributed by atoms with E-state index in [1.165, 1.54) is 0 Å². The molecular formula is C12H10BrNO. The van der Waals surface area contributed by atoms with Crippen molar-refractivity contribution in [2.75, 3.05) is 0 Å². The predicted molar refractivity (Wildman–Crippen MR) is 62.4 cm³/mol. The van der Waals surface area contributed by atoms with Crippen molar-refractivity contribution in [2.45, 2.75) is 6.10 Å². The minimum absolute atomic E-state index is 0.657. The monoisotopic (exact) mass is 263 g/mol. The van der Waals surface area contributed by atoms with Gasteiger partial charge < -0.3 is 5.11 Å². The van der Waals surface area contributed by atoms with Crippen molar-refractivity contribution >= 4 is 15.9 Å². The number of aromatic nitrogens is 1. The Bertz CT molecular complexity index is 444. The van der Waals surface area contributed by atoms with Crippen LogP contribution in [-0.2, 0) is 0 Å². The lowest BCUT2D eigenvalue weighted by Gasteiger charge is -2.11. The standard InChI is InChI=1S/C12H10BrNO/c13-10-6-2-1-5-9(10)12(15)11-7-3-4-8-14-11/h1-8,12,15H/t12-/m1/s1. The second-order valence-corrected chi connectivity index (χ2v) is 4.03. The van der Waals surface area contributed by atoms with E-state index in [4.69, 9.17) is 0 Å². The van der Waals surface area contributed by atoms with E-state index < -0.39 is 6.10 Å². The molecule has 1 aromatic heterocycles. The Kier molecular flexibility index (Phi) is 3.14. The molecule has 1 atom stereocenters. The molecule has 0 saturated heterocycles. The summed E-state index contributed by atoms with van der Waals surface area (Å²) < 4.78 is 0.892. The molecule has 0 aliphatic rings. The topological polar surface area (TPSA) is 33.1 Å². The summed E-state index contributed by atoms with van der Waals surface area (Å²) in [6.07, 6.45) is 0.997. The van der Waals surface area contributed by atoms with Crippen molar-refractivity contribution in [2.24, 2.45) is 0 Å². The third kappa shape index (κ3) is 2.25. The summed E-state index contributed by atoms with van der Waals surface area (Å²) in [6, 6.07) is 13.1. The lowest BCUT2D eigenvalue weighted by atomic mass is 10.1. The normalized spacial score (nSPS) is 12.4. The molecule has 0 amide bonds. The zero-order chi connectivity index (χ0) is 10.7. The van der Waals surface area contributed by atoms with Crippen molar-refractivity contribution < 1.29 is 5.11 Å². The molecule has 15 heavy (non-hydrogen) atoms. The lowest BCUT2D eigenvalue weighted by Crippen LogP contribution is -2.02. The molecule has 0 bridgehead atoms. The predicted octanol–water partition coefficient (Wildman–Crippen LogP) is 2.93. The van der Waals surface area contributed by atoms with Crippen LogP contribution >= 0.6 is 15.9 Å². The average Bonchev–Trinajstić information content (AvgIpc) is 2.30. The van der Waals surface area contributed by atoms with E-state index in [9.17, 15) is 5.11 Å². The highest BCUT2D eigenvalue weighted by Crippen LogP contribution is 2.26. The highest BCUT2D eigenvalue weighted by atomic mass is 79.9. The van der Waals surface area contributed by atoms with Gasteiger partial charge in [-0.25, -0.2) is 0 Å². The van der Waals surface area contributed by atoms with Gasteiger partial charge in [-0.3, -0.25) is 4.98 Å². The van der Waals surface area contributed by atoms with Crippen molar-refractivity contribution in [3.8, 4) is 0 Å². The Hall–Kier alpha value is -1.19. The summed E-state index contributed by atoms with van der Waals surface area (Å²) in [5.41, 5.74) is 1.49. The highest BCUT2D eigenvalue weighted by Gasteiger charge is 2.13. The maximum absolute atomic E-state index is 10.1. The van der Waals surface area contributed by atoms with Gasteiger partial charge in [0.1, 0.15) is 6.10 Å². The van der Waals surface area contributed by atoms with Gasteiger partial charge in [0.15, 0.2) is 0 Å². The molecule has 2 aromatic rings. The first-order valence-electron chi connectivity index (χ1n) is 4.62. The SMILES string of the molecule is O[C@@H](c1ccccn1)c1ccccc1Br. The number of hydrogen-bond acceptors (Lipinski definition) is 2. The van der Waals surface area contributed by atoms with Crippen molar-refractivity contribution in [3.05, 3.63) is 64.4 Å². The van der Waals surface area contributed by atoms with Gasteiger partial charge in [0.2, 0.25) is 0 Å². The number of pyridine rings is 1. The molecule has 0 saturated carbocycles.